The van der Waals surface area contributed by atoms with Crippen molar-refractivity contribution in [2.75, 3.05) is 6.54 Å². The highest BCUT2D eigenvalue weighted by molar-refractivity contribution is 5.56. The largest absolute Gasteiger partial charge is 0.468 e. The number of rotatable bonds is 3. The Morgan fingerprint density at radius 1 is 1.12 bits per heavy atom. The Morgan fingerprint density at radius 3 is 2.62 bits per heavy atom. The maximum atomic E-state index is 12.7. The lowest BCUT2D eigenvalue weighted by Crippen LogP contribution is -2.30. The summed E-state index contributed by atoms with van der Waals surface area (Å²) < 4.78 is 43.4. The van der Waals surface area contributed by atoms with Crippen LogP contribution in [-0.4, -0.2) is 21.4 Å². The van der Waals surface area contributed by atoms with E-state index >= 15 is 0 Å². The van der Waals surface area contributed by atoms with Crippen LogP contribution in [0, 0.1) is 0 Å². The van der Waals surface area contributed by atoms with Crippen molar-refractivity contribution in [1.82, 2.24) is 14.9 Å². The maximum Gasteiger partial charge on any atom is 0.416 e. The molecule has 1 aliphatic rings. The van der Waals surface area contributed by atoms with Gasteiger partial charge in [0.05, 0.1) is 24.1 Å². The molecule has 26 heavy (non-hydrogen) atoms. The van der Waals surface area contributed by atoms with E-state index in [1.54, 1.807) is 12.5 Å². The summed E-state index contributed by atoms with van der Waals surface area (Å²) in [6.07, 6.45) is -0.144. The van der Waals surface area contributed by atoms with Crippen LogP contribution in [0.1, 0.15) is 22.6 Å². The molecule has 1 aromatic carbocycles. The summed E-state index contributed by atoms with van der Waals surface area (Å²) in [6, 6.07) is 8.76. The van der Waals surface area contributed by atoms with Gasteiger partial charge in [0.2, 0.25) is 0 Å². The second-order valence-corrected chi connectivity index (χ2v) is 6.28. The number of furan rings is 1. The molecule has 7 heteroatoms. The van der Waals surface area contributed by atoms with Crippen LogP contribution in [-0.2, 0) is 25.7 Å². The molecule has 3 heterocycles. The molecule has 0 unspecified atom stereocenters. The topological polar surface area (TPSA) is 42.2 Å². The van der Waals surface area contributed by atoms with Gasteiger partial charge in [0, 0.05) is 36.8 Å². The van der Waals surface area contributed by atoms with Crippen molar-refractivity contribution in [2.45, 2.75) is 25.7 Å². The molecule has 1 aliphatic heterocycles. The first-order valence-corrected chi connectivity index (χ1v) is 8.26. The first-order chi connectivity index (χ1) is 12.5. The quantitative estimate of drug-likeness (QED) is 0.699. The number of fused-ring (bicyclic) bond motifs is 1. The van der Waals surface area contributed by atoms with Gasteiger partial charge in [-0.05, 0) is 24.3 Å². The summed E-state index contributed by atoms with van der Waals surface area (Å²) in [4.78, 5) is 11.2. The van der Waals surface area contributed by atoms with Crippen molar-refractivity contribution in [3.63, 3.8) is 0 Å². The molecular weight excluding hydrogens is 343 g/mol. The Labute approximate surface area is 148 Å². The van der Waals surface area contributed by atoms with Crippen LogP contribution < -0.4 is 0 Å². The first kappa shape index (κ1) is 16.8. The maximum absolute atomic E-state index is 12.7. The summed E-state index contributed by atoms with van der Waals surface area (Å²) in [5.74, 6) is 1.37. The van der Waals surface area contributed by atoms with Gasteiger partial charge in [0.15, 0.2) is 5.82 Å². The van der Waals surface area contributed by atoms with Crippen LogP contribution >= 0.6 is 0 Å². The van der Waals surface area contributed by atoms with Crippen LogP contribution in [0.15, 0.2) is 53.3 Å². The van der Waals surface area contributed by atoms with Crippen molar-refractivity contribution in [3.05, 3.63) is 71.4 Å². The van der Waals surface area contributed by atoms with E-state index in [0.717, 1.165) is 55.2 Å². The molecule has 0 amide bonds. The van der Waals surface area contributed by atoms with Crippen LogP contribution in [0.3, 0.4) is 0 Å². The molecule has 0 N–H and O–H groups in total. The molecule has 0 saturated carbocycles. The van der Waals surface area contributed by atoms with Gasteiger partial charge in [-0.1, -0.05) is 12.1 Å². The zero-order valence-electron chi connectivity index (χ0n) is 13.8. The number of hydrogen-bond donors (Lipinski definition) is 0. The lowest BCUT2D eigenvalue weighted by molar-refractivity contribution is -0.137. The molecule has 0 bridgehead atoms. The monoisotopic (exact) mass is 359 g/mol. The molecule has 0 saturated heterocycles. The minimum absolute atomic E-state index is 0.456. The summed E-state index contributed by atoms with van der Waals surface area (Å²) in [5, 5.41) is 0. The predicted molar refractivity (Wildman–Crippen MR) is 89.0 cm³/mol. The standard InChI is InChI=1S/C19H16F3N3O/c20-19(21,22)15-5-3-13(4-6-15)18-23-10-14-11-25(8-7-17(14)24-18)12-16-2-1-9-26-16/h1-6,9-10H,7-8,11-12H2. The van der Waals surface area contributed by atoms with Crippen LogP contribution in [0.2, 0.25) is 0 Å². The van der Waals surface area contributed by atoms with Crippen molar-refractivity contribution in [1.29, 1.82) is 0 Å². The number of benzene rings is 1. The predicted octanol–water partition coefficient (Wildman–Crippen LogP) is 4.31. The molecule has 134 valence electrons. The summed E-state index contributed by atoms with van der Waals surface area (Å²) in [6.45, 7) is 2.30. The fourth-order valence-corrected chi connectivity index (χ4v) is 3.08. The first-order valence-electron chi connectivity index (χ1n) is 8.26. The lowest BCUT2D eigenvalue weighted by atomic mass is 10.1. The Kier molecular flexibility index (Phi) is 4.24. The van der Waals surface area contributed by atoms with Gasteiger partial charge in [-0.15, -0.1) is 0 Å². The van der Waals surface area contributed by atoms with Gasteiger partial charge < -0.3 is 4.42 Å². The van der Waals surface area contributed by atoms with Gasteiger partial charge in [0.1, 0.15) is 5.76 Å². The summed E-state index contributed by atoms with van der Waals surface area (Å²) in [5.41, 5.74) is 1.90. The molecule has 0 spiro atoms. The highest BCUT2D eigenvalue weighted by Crippen LogP contribution is 2.30. The normalized spacial score (nSPS) is 15.0. The zero-order valence-corrected chi connectivity index (χ0v) is 13.8. The third kappa shape index (κ3) is 3.48. The Morgan fingerprint density at radius 2 is 1.92 bits per heavy atom. The van der Waals surface area contributed by atoms with Gasteiger partial charge in [-0.25, -0.2) is 9.97 Å². The van der Waals surface area contributed by atoms with E-state index < -0.39 is 11.7 Å². The number of hydrogen-bond acceptors (Lipinski definition) is 4. The van der Waals surface area contributed by atoms with E-state index in [2.05, 4.69) is 14.9 Å². The third-order valence-electron chi connectivity index (χ3n) is 4.44. The lowest BCUT2D eigenvalue weighted by Gasteiger charge is -2.27. The molecule has 4 rings (SSSR count). The summed E-state index contributed by atoms with van der Waals surface area (Å²) in [7, 11) is 0. The van der Waals surface area contributed by atoms with Crippen LogP contribution in [0.25, 0.3) is 11.4 Å². The van der Waals surface area contributed by atoms with Crippen molar-refractivity contribution in [2.24, 2.45) is 0 Å². The van der Waals surface area contributed by atoms with Crippen molar-refractivity contribution < 1.29 is 17.6 Å². The fourth-order valence-electron chi connectivity index (χ4n) is 3.08. The van der Waals surface area contributed by atoms with E-state index in [1.165, 1.54) is 12.1 Å². The minimum atomic E-state index is -4.34. The highest BCUT2D eigenvalue weighted by Gasteiger charge is 2.30. The SMILES string of the molecule is FC(F)(F)c1ccc(-c2ncc3c(n2)CCN(Cc2ccco2)C3)cc1. The molecule has 0 fully saturated rings. The fraction of sp³-hybridized carbons (Fsp3) is 0.263. The van der Waals surface area contributed by atoms with E-state index in [1.807, 2.05) is 12.1 Å². The molecule has 2 aromatic heterocycles. The van der Waals surface area contributed by atoms with E-state index in [0.29, 0.717) is 11.4 Å². The van der Waals surface area contributed by atoms with Crippen molar-refractivity contribution >= 4 is 0 Å². The molecular formula is C19H16F3N3O. The Hall–Kier alpha value is -2.67. The average molecular weight is 359 g/mol. The second-order valence-electron chi connectivity index (χ2n) is 6.28. The molecule has 0 radical (unpaired) electrons. The Balaban J connectivity index is 1.51. The van der Waals surface area contributed by atoms with E-state index in [9.17, 15) is 13.2 Å². The Bertz CT molecular complexity index is 889. The molecule has 3 aromatic rings. The minimum Gasteiger partial charge on any atom is -0.468 e. The summed E-state index contributed by atoms with van der Waals surface area (Å²) >= 11 is 0. The number of alkyl halides is 3. The van der Waals surface area contributed by atoms with Crippen LogP contribution in [0.5, 0.6) is 0 Å². The van der Waals surface area contributed by atoms with Crippen molar-refractivity contribution in [3.8, 4) is 11.4 Å². The van der Waals surface area contributed by atoms with Gasteiger partial charge >= 0.3 is 6.18 Å². The number of halogens is 3. The smallest absolute Gasteiger partial charge is 0.416 e. The number of nitrogens with zero attached hydrogens (tertiary/aromatic N) is 3. The van der Waals surface area contributed by atoms with Gasteiger partial charge in [-0.2, -0.15) is 13.2 Å². The van der Waals surface area contributed by atoms with E-state index in [4.69, 9.17) is 4.42 Å². The number of aromatic nitrogens is 2. The second kappa shape index (κ2) is 6.57. The molecule has 0 atom stereocenters. The van der Waals surface area contributed by atoms with Gasteiger partial charge in [-0.3, -0.25) is 4.90 Å². The highest BCUT2D eigenvalue weighted by atomic mass is 19.4. The zero-order chi connectivity index (χ0) is 18.1. The van der Waals surface area contributed by atoms with Gasteiger partial charge in [0.25, 0.3) is 0 Å². The third-order valence-corrected chi connectivity index (χ3v) is 4.44. The van der Waals surface area contributed by atoms with Crippen LogP contribution in [0.4, 0.5) is 13.2 Å². The van der Waals surface area contributed by atoms with E-state index in [-0.39, 0.29) is 0 Å². The average Bonchev–Trinajstić information content (AvgIpc) is 3.14. The molecule has 0 aliphatic carbocycles. The molecule has 4 nitrogen and oxygen atoms in total.